The van der Waals surface area contributed by atoms with E-state index in [-0.39, 0.29) is 11.7 Å². The molecule has 150 valence electrons. The molecule has 2 heterocycles. The Morgan fingerprint density at radius 1 is 1.03 bits per heavy atom. The van der Waals surface area contributed by atoms with Crippen molar-refractivity contribution in [3.05, 3.63) is 76.0 Å². The van der Waals surface area contributed by atoms with E-state index in [0.717, 1.165) is 46.5 Å². The molecule has 1 amide bonds. The Balaban J connectivity index is 1.28. The molecule has 1 aromatic heterocycles. The van der Waals surface area contributed by atoms with Gasteiger partial charge in [0.2, 0.25) is 5.91 Å². The molecule has 4 rings (SSSR count). The molecular formula is C22H21ClFN3OS. The Bertz CT molecular complexity index is 966. The van der Waals surface area contributed by atoms with Gasteiger partial charge in [0, 0.05) is 48.7 Å². The first-order valence-electron chi connectivity index (χ1n) is 9.52. The molecule has 29 heavy (non-hydrogen) atoms. The fraction of sp³-hybridized carbons (Fsp3) is 0.273. The Kier molecular flexibility index (Phi) is 6.23. The second kappa shape index (κ2) is 9.03. The lowest BCUT2D eigenvalue weighted by Crippen LogP contribution is -2.48. The van der Waals surface area contributed by atoms with E-state index in [2.05, 4.69) is 10.3 Å². The average Bonchev–Trinajstić information content (AvgIpc) is 3.19. The lowest BCUT2D eigenvalue weighted by atomic mass is 10.1. The lowest BCUT2D eigenvalue weighted by Gasteiger charge is -2.34. The summed E-state index contributed by atoms with van der Waals surface area (Å²) in [6.07, 6.45) is 0.316. The van der Waals surface area contributed by atoms with Gasteiger partial charge in [0.25, 0.3) is 0 Å². The van der Waals surface area contributed by atoms with Crippen LogP contribution in [0.3, 0.4) is 0 Å². The monoisotopic (exact) mass is 429 g/mol. The van der Waals surface area contributed by atoms with Gasteiger partial charge in [-0.2, -0.15) is 0 Å². The molecule has 4 nitrogen and oxygen atoms in total. The van der Waals surface area contributed by atoms with Gasteiger partial charge in [0.1, 0.15) is 10.8 Å². The fourth-order valence-electron chi connectivity index (χ4n) is 3.38. The number of benzene rings is 2. The van der Waals surface area contributed by atoms with Gasteiger partial charge in [-0.15, -0.1) is 11.3 Å². The summed E-state index contributed by atoms with van der Waals surface area (Å²) in [6.45, 7) is 3.83. The first-order chi connectivity index (χ1) is 14.1. The van der Waals surface area contributed by atoms with E-state index >= 15 is 0 Å². The van der Waals surface area contributed by atoms with Crippen LogP contribution in [0.15, 0.2) is 53.9 Å². The van der Waals surface area contributed by atoms with Crippen molar-refractivity contribution in [2.45, 2.75) is 13.0 Å². The van der Waals surface area contributed by atoms with E-state index < -0.39 is 0 Å². The molecule has 1 aliphatic rings. The third-order valence-electron chi connectivity index (χ3n) is 5.02. The van der Waals surface area contributed by atoms with Gasteiger partial charge in [-0.3, -0.25) is 9.69 Å². The summed E-state index contributed by atoms with van der Waals surface area (Å²) in [5, 5.41) is 3.80. The zero-order valence-corrected chi connectivity index (χ0v) is 17.4. The van der Waals surface area contributed by atoms with Gasteiger partial charge in [0.15, 0.2) is 0 Å². The van der Waals surface area contributed by atoms with Crippen LogP contribution in [0.2, 0.25) is 5.02 Å². The molecule has 3 aromatic rings. The van der Waals surface area contributed by atoms with Gasteiger partial charge in [-0.25, -0.2) is 9.37 Å². The summed E-state index contributed by atoms with van der Waals surface area (Å²) in [6, 6.07) is 13.8. The van der Waals surface area contributed by atoms with E-state index in [1.54, 1.807) is 23.5 Å². The average molecular weight is 430 g/mol. The van der Waals surface area contributed by atoms with Crippen molar-refractivity contribution in [2.75, 3.05) is 26.2 Å². The van der Waals surface area contributed by atoms with E-state index in [1.165, 1.54) is 12.1 Å². The summed E-state index contributed by atoms with van der Waals surface area (Å²) in [7, 11) is 0. The predicted molar refractivity (Wildman–Crippen MR) is 115 cm³/mol. The number of carbonyl (C=O) groups is 1. The summed E-state index contributed by atoms with van der Waals surface area (Å²) in [5.74, 6) is -0.189. The molecule has 1 fully saturated rings. The first kappa shape index (κ1) is 20.0. The zero-order valence-electron chi connectivity index (χ0n) is 15.9. The van der Waals surface area contributed by atoms with Crippen LogP contribution in [0.1, 0.15) is 11.3 Å². The maximum absolute atomic E-state index is 13.0. The summed E-state index contributed by atoms with van der Waals surface area (Å²) in [5.41, 5.74) is 2.96. The number of hydrogen-bond acceptors (Lipinski definition) is 4. The molecular weight excluding hydrogens is 409 g/mol. The highest BCUT2D eigenvalue weighted by Gasteiger charge is 2.22. The molecule has 0 spiro atoms. The first-order valence-corrected chi connectivity index (χ1v) is 10.8. The third-order valence-corrected chi connectivity index (χ3v) is 6.21. The smallest absolute Gasteiger partial charge is 0.227 e. The number of nitrogens with zero attached hydrogens (tertiary/aromatic N) is 3. The Morgan fingerprint density at radius 2 is 1.72 bits per heavy atom. The Hall–Kier alpha value is -2.28. The largest absolute Gasteiger partial charge is 0.340 e. The topological polar surface area (TPSA) is 36.4 Å². The minimum absolute atomic E-state index is 0.0925. The van der Waals surface area contributed by atoms with Gasteiger partial charge in [-0.1, -0.05) is 35.9 Å². The number of carbonyl (C=O) groups excluding carboxylic acids is 1. The number of amides is 1. The van der Waals surface area contributed by atoms with Gasteiger partial charge in [0.05, 0.1) is 12.1 Å². The van der Waals surface area contributed by atoms with Crippen LogP contribution in [-0.4, -0.2) is 46.9 Å². The zero-order chi connectivity index (χ0) is 20.2. The van der Waals surface area contributed by atoms with Crippen molar-refractivity contribution in [1.82, 2.24) is 14.8 Å². The van der Waals surface area contributed by atoms with Crippen LogP contribution in [-0.2, 0) is 17.8 Å². The van der Waals surface area contributed by atoms with Crippen LogP contribution in [0.25, 0.3) is 10.6 Å². The van der Waals surface area contributed by atoms with Crippen LogP contribution in [0.5, 0.6) is 0 Å². The molecule has 1 aliphatic heterocycles. The lowest BCUT2D eigenvalue weighted by molar-refractivity contribution is -0.132. The van der Waals surface area contributed by atoms with Crippen molar-refractivity contribution in [3.8, 4) is 10.6 Å². The van der Waals surface area contributed by atoms with Crippen LogP contribution >= 0.6 is 22.9 Å². The number of piperazine rings is 1. The maximum atomic E-state index is 13.0. The molecule has 0 N–H and O–H groups in total. The molecule has 0 aliphatic carbocycles. The van der Waals surface area contributed by atoms with Crippen molar-refractivity contribution in [3.63, 3.8) is 0 Å². The standard InChI is InChI=1S/C22H21ClFN3OS/c23-18-5-3-17(4-6-18)22-25-20(15-29-22)14-26-9-11-27(12-10-26)21(28)13-16-1-7-19(24)8-2-16/h1-8,15H,9-14H2. The SMILES string of the molecule is O=C(Cc1ccc(F)cc1)N1CCN(Cc2csc(-c3ccc(Cl)cc3)n2)CC1. The van der Waals surface area contributed by atoms with E-state index in [1.807, 2.05) is 29.2 Å². The molecule has 7 heteroatoms. The second-order valence-corrected chi connectivity index (χ2v) is 8.41. The highest BCUT2D eigenvalue weighted by Crippen LogP contribution is 2.25. The predicted octanol–water partition coefficient (Wildman–Crippen LogP) is 4.49. The highest BCUT2D eigenvalue weighted by atomic mass is 35.5. The number of aromatic nitrogens is 1. The molecule has 0 bridgehead atoms. The number of halogens is 2. The van der Waals surface area contributed by atoms with Crippen LogP contribution in [0, 0.1) is 5.82 Å². The van der Waals surface area contributed by atoms with E-state index in [9.17, 15) is 9.18 Å². The number of rotatable bonds is 5. The molecule has 0 radical (unpaired) electrons. The number of hydrogen-bond donors (Lipinski definition) is 0. The van der Waals surface area contributed by atoms with Crippen LogP contribution in [0.4, 0.5) is 4.39 Å². The Labute approximate surface area is 178 Å². The fourth-order valence-corrected chi connectivity index (χ4v) is 4.32. The Morgan fingerprint density at radius 3 is 2.41 bits per heavy atom. The quantitative estimate of drug-likeness (QED) is 0.599. The summed E-state index contributed by atoms with van der Waals surface area (Å²) in [4.78, 5) is 21.4. The molecule has 0 unspecified atom stereocenters. The summed E-state index contributed by atoms with van der Waals surface area (Å²) < 4.78 is 13.0. The third kappa shape index (κ3) is 5.21. The molecule has 0 saturated carbocycles. The van der Waals surface area contributed by atoms with Gasteiger partial charge in [-0.05, 0) is 29.8 Å². The van der Waals surface area contributed by atoms with E-state index in [0.29, 0.717) is 19.5 Å². The normalized spacial score (nSPS) is 14.9. The van der Waals surface area contributed by atoms with Crippen molar-refractivity contribution < 1.29 is 9.18 Å². The molecule has 2 aromatic carbocycles. The highest BCUT2D eigenvalue weighted by molar-refractivity contribution is 7.13. The minimum atomic E-state index is -0.281. The molecule has 0 atom stereocenters. The second-order valence-electron chi connectivity index (χ2n) is 7.11. The molecule has 1 saturated heterocycles. The minimum Gasteiger partial charge on any atom is -0.340 e. The summed E-state index contributed by atoms with van der Waals surface area (Å²) >= 11 is 7.58. The van der Waals surface area contributed by atoms with Gasteiger partial charge < -0.3 is 4.90 Å². The maximum Gasteiger partial charge on any atom is 0.227 e. The van der Waals surface area contributed by atoms with Crippen molar-refractivity contribution in [1.29, 1.82) is 0 Å². The van der Waals surface area contributed by atoms with E-state index in [4.69, 9.17) is 16.6 Å². The van der Waals surface area contributed by atoms with Crippen LogP contribution < -0.4 is 0 Å². The van der Waals surface area contributed by atoms with Crippen molar-refractivity contribution >= 4 is 28.8 Å². The van der Waals surface area contributed by atoms with Gasteiger partial charge >= 0.3 is 0 Å². The number of thiazole rings is 1. The van der Waals surface area contributed by atoms with Crippen molar-refractivity contribution in [2.24, 2.45) is 0 Å².